The minimum atomic E-state index is 0.309. The van der Waals surface area contributed by atoms with Crippen molar-refractivity contribution in [1.82, 2.24) is 9.97 Å². The fourth-order valence-electron chi connectivity index (χ4n) is 1.69. The highest BCUT2D eigenvalue weighted by atomic mass is 15.1. The molecule has 1 aromatic rings. The first kappa shape index (κ1) is 12.9. The van der Waals surface area contributed by atoms with Gasteiger partial charge in [0, 0.05) is 24.3 Å². The minimum Gasteiger partial charge on any atom is -0.366 e. The number of nitrogens with two attached hydrogens (primary N) is 1. The molecule has 0 radical (unpaired) electrons. The van der Waals surface area contributed by atoms with Crippen molar-refractivity contribution < 1.29 is 0 Å². The Morgan fingerprint density at radius 3 is 2.69 bits per heavy atom. The number of rotatable bonds is 6. The third-order valence-electron chi connectivity index (χ3n) is 2.53. The van der Waals surface area contributed by atoms with Crippen molar-refractivity contribution in [1.29, 1.82) is 0 Å². The summed E-state index contributed by atoms with van der Waals surface area (Å²) in [5.41, 5.74) is 6.78. The van der Waals surface area contributed by atoms with Gasteiger partial charge in [-0.1, -0.05) is 20.3 Å². The lowest BCUT2D eigenvalue weighted by Gasteiger charge is -2.17. The van der Waals surface area contributed by atoms with Crippen LogP contribution in [0.5, 0.6) is 0 Å². The van der Waals surface area contributed by atoms with Crippen LogP contribution < -0.4 is 11.1 Å². The summed E-state index contributed by atoms with van der Waals surface area (Å²) in [5.74, 6) is 1.71. The summed E-state index contributed by atoms with van der Waals surface area (Å²) < 4.78 is 0. The average Bonchev–Trinajstić information content (AvgIpc) is 2.27. The Morgan fingerprint density at radius 1 is 1.38 bits per heavy atom. The molecule has 0 aliphatic heterocycles. The molecule has 0 aliphatic rings. The predicted molar refractivity (Wildman–Crippen MR) is 67.5 cm³/mol. The molecule has 0 bridgehead atoms. The lowest BCUT2D eigenvalue weighted by atomic mass is 10.1. The summed E-state index contributed by atoms with van der Waals surface area (Å²) >= 11 is 0. The minimum absolute atomic E-state index is 0.309. The van der Waals surface area contributed by atoms with Crippen LogP contribution in [0.1, 0.15) is 38.2 Å². The average molecular weight is 222 g/mol. The highest BCUT2D eigenvalue weighted by molar-refractivity contribution is 5.37. The summed E-state index contributed by atoms with van der Waals surface area (Å²) in [5, 5.41) is 3.37. The Morgan fingerprint density at radius 2 is 2.12 bits per heavy atom. The maximum absolute atomic E-state index is 5.71. The fraction of sp³-hybridized carbons (Fsp3) is 0.667. The van der Waals surface area contributed by atoms with Gasteiger partial charge in [0.25, 0.3) is 0 Å². The second-order valence-corrected chi connectivity index (χ2v) is 4.01. The van der Waals surface area contributed by atoms with Crippen molar-refractivity contribution in [3.63, 3.8) is 0 Å². The van der Waals surface area contributed by atoms with E-state index in [2.05, 4.69) is 29.1 Å². The summed E-state index contributed by atoms with van der Waals surface area (Å²) in [6.45, 7) is 6.81. The highest BCUT2D eigenvalue weighted by Gasteiger charge is 2.07. The molecule has 0 saturated heterocycles. The van der Waals surface area contributed by atoms with Crippen molar-refractivity contribution in [2.45, 2.75) is 46.1 Å². The number of hydrogen-bond donors (Lipinski definition) is 2. The molecular formula is C12H22N4. The van der Waals surface area contributed by atoms with Gasteiger partial charge < -0.3 is 11.1 Å². The van der Waals surface area contributed by atoms with Crippen LogP contribution in [0.3, 0.4) is 0 Å². The third kappa shape index (κ3) is 3.77. The zero-order chi connectivity index (χ0) is 12.0. The lowest BCUT2D eigenvalue weighted by molar-refractivity contribution is 0.645. The zero-order valence-electron chi connectivity index (χ0n) is 10.5. The third-order valence-corrected chi connectivity index (χ3v) is 2.53. The van der Waals surface area contributed by atoms with Gasteiger partial charge in [0.15, 0.2) is 0 Å². The van der Waals surface area contributed by atoms with Gasteiger partial charge in [-0.15, -0.1) is 0 Å². The van der Waals surface area contributed by atoms with Crippen LogP contribution in [0.4, 0.5) is 5.82 Å². The first-order chi connectivity index (χ1) is 7.69. The van der Waals surface area contributed by atoms with Gasteiger partial charge >= 0.3 is 0 Å². The molecule has 1 atom stereocenters. The molecule has 0 saturated carbocycles. The van der Waals surface area contributed by atoms with Gasteiger partial charge in [-0.3, -0.25) is 0 Å². The molecule has 1 rings (SSSR count). The monoisotopic (exact) mass is 222 g/mol. The first-order valence-corrected chi connectivity index (χ1v) is 6.00. The molecule has 1 heterocycles. The van der Waals surface area contributed by atoms with Crippen LogP contribution in [-0.4, -0.2) is 22.6 Å². The highest BCUT2D eigenvalue weighted by Crippen LogP contribution is 2.10. The molecule has 0 aromatic carbocycles. The maximum atomic E-state index is 5.71. The molecule has 90 valence electrons. The molecular weight excluding hydrogens is 200 g/mol. The summed E-state index contributed by atoms with van der Waals surface area (Å²) in [4.78, 5) is 8.72. The number of anilines is 1. The SMILES string of the molecule is CCCC(CN)Nc1cc(CC)nc(C)n1. The normalized spacial score (nSPS) is 12.5. The molecule has 3 N–H and O–H groups in total. The van der Waals surface area contributed by atoms with Gasteiger partial charge in [-0.2, -0.15) is 0 Å². The van der Waals surface area contributed by atoms with E-state index in [9.17, 15) is 0 Å². The number of nitrogens with zero attached hydrogens (tertiary/aromatic N) is 2. The Kier molecular flexibility index (Phi) is 5.19. The first-order valence-electron chi connectivity index (χ1n) is 6.00. The van der Waals surface area contributed by atoms with Crippen LogP contribution in [0, 0.1) is 6.92 Å². The number of aromatic nitrogens is 2. The fourth-order valence-corrected chi connectivity index (χ4v) is 1.69. The van der Waals surface area contributed by atoms with E-state index >= 15 is 0 Å². The van der Waals surface area contributed by atoms with Crippen molar-refractivity contribution >= 4 is 5.82 Å². The van der Waals surface area contributed by atoms with Gasteiger partial charge in [0.1, 0.15) is 11.6 Å². The van der Waals surface area contributed by atoms with E-state index in [4.69, 9.17) is 5.73 Å². The summed E-state index contributed by atoms with van der Waals surface area (Å²) in [6, 6.07) is 2.31. The van der Waals surface area contributed by atoms with E-state index < -0.39 is 0 Å². The quantitative estimate of drug-likeness (QED) is 0.771. The molecule has 0 amide bonds. The standard InChI is InChI=1S/C12H22N4/c1-4-6-11(8-13)16-12-7-10(5-2)14-9(3)15-12/h7,11H,4-6,8,13H2,1-3H3,(H,14,15,16). The number of hydrogen-bond acceptors (Lipinski definition) is 4. The van der Waals surface area contributed by atoms with Crippen molar-refractivity contribution in [3.8, 4) is 0 Å². The van der Waals surface area contributed by atoms with Crippen molar-refractivity contribution in [2.75, 3.05) is 11.9 Å². The molecule has 0 spiro atoms. The van der Waals surface area contributed by atoms with Gasteiger partial charge in [-0.25, -0.2) is 9.97 Å². The van der Waals surface area contributed by atoms with Crippen LogP contribution >= 0.6 is 0 Å². The number of nitrogens with one attached hydrogen (secondary N) is 1. The molecule has 4 nitrogen and oxygen atoms in total. The van der Waals surface area contributed by atoms with Gasteiger partial charge in [0.2, 0.25) is 0 Å². The predicted octanol–water partition coefficient (Wildman–Crippen LogP) is 1.89. The molecule has 0 fully saturated rings. The van der Waals surface area contributed by atoms with Crippen molar-refractivity contribution in [2.24, 2.45) is 5.73 Å². The van der Waals surface area contributed by atoms with E-state index in [1.54, 1.807) is 0 Å². The molecule has 16 heavy (non-hydrogen) atoms. The molecule has 0 aliphatic carbocycles. The second kappa shape index (κ2) is 6.43. The van der Waals surface area contributed by atoms with Crippen LogP contribution in [0.25, 0.3) is 0 Å². The van der Waals surface area contributed by atoms with E-state index in [0.29, 0.717) is 12.6 Å². The van der Waals surface area contributed by atoms with E-state index in [1.807, 2.05) is 13.0 Å². The van der Waals surface area contributed by atoms with Crippen molar-refractivity contribution in [3.05, 3.63) is 17.6 Å². The van der Waals surface area contributed by atoms with Gasteiger partial charge in [0.05, 0.1) is 0 Å². The number of aryl methyl sites for hydroxylation is 2. The van der Waals surface area contributed by atoms with Crippen LogP contribution in [0.2, 0.25) is 0 Å². The van der Waals surface area contributed by atoms with Gasteiger partial charge in [-0.05, 0) is 19.8 Å². The van der Waals surface area contributed by atoms with Crippen LogP contribution in [-0.2, 0) is 6.42 Å². The Bertz CT molecular complexity index is 325. The summed E-state index contributed by atoms with van der Waals surface area (Å²) in [7, 11) is 0. The Labute approximate surface area is 97.7 Å². The van der Waals surface area contributed by atoms with E-state index in [-0.39, 0.29) is 0 Å². The smallest absolute Gasteiger partial charge is 0.130 e. The lowest BCUT2D eigenvalue weighted by Crippen LogP contribution is -2.29. The second-order valence-electron chi connectivity index (χ2n) is 4.01. The largest absolute Gasteiger partial charge is 0.366 e. The molecule has 4 heteroatoms. The Hall–Kier alpha value is -1.16. The topological polar surface area (TPSA) is 63.8 Å². The molecule has 1 aromatic heterocycles. The van der Waals surface area contributed by atoms with E-state index in [1.165, 1.54) is 0 Å². The molecule has 1 unspecified atom stereocenters. The summed E-state index contributed by atoms with van der Waals surface area (Å²) in [6.07, 6.45) is 3.12. The maximum Gasteiger partial charge on any atom is 0.130 e. The van der Waals surface area contributed by atoms with E-state index in [0.717, 1.165) is 36.6 Å². The zero-order valence-corrected chi connectivity index (χ0v) is 10.5. The Balaban J connectivity index is 2.74. The van der Waals surface area contributed by atoms with Crippen LogP contribution in [0.15, 0.2) is 6.07 Å².